The first-order valence-electron chi connectivity index (χ1n) is 12.2. The van der Waals surface area contributed by atoms with E-state index in [0.717, 1.165) is 4.47 Å². The summed E-state index contributed by atoms with van der Waals surface area (Å²) >= 11 is 3.39. The van der Waals surface area contributed by atoms with Crippen molar-refractivity contribution in [3.05, 3.63) is 76.3 Å². The fourth-order valence-electron chi connectivity index (χ4n) is 3.72. The summed E-state index contributed by atoms with van der Waals surface area (Å²) in [6, 6.07) is 16.4. The highest BCUT2D eigenvalue weighted by Gasteiger charge is 2.15. The van der Waals surface area contributed by atoms with Crippen molar-refractivity contribution >= 4 is 62.5 Å². The highest BCUT2D eigenvalue weighted by molar-refractivity contribution is 9.10. The van der Waals surface area contributed by atoms with Crippen molar-refractivity contribution < 1.29 is 29.0 Å². The lowest BCUT2D eigenvalue weighted by Crippen LogP contribution is -2.32. The van der Waals surface area contributed by atoms with Crippen molar-refractivity contribution in [1.82, 2.24) is 4.90 Å². The third-order valence-corrected chi connectivity index (χ3v) is 6.45. The minimum absolute atomic E-state index is 0.0189. The quantitative estimate of drug-likeness (QED) is 0.207. The molecule has 3 aromatic carbocycles. The van der Waals surface area contributed by atoms with E-state index in [1.54, 1.807) is 42.3 Å². The van der Waals surface area contributed by atoms with Gasteiger partial charge >= 0.3 is 12.0 Å². The summed E-state index contributed by atoms with van der Waals surface area (Å²) in [4.78, 5) is 49.6. The van der Waals surface area contributed by atoms with Crippen molar-refractivity contribution in [3.8, 4) is 5.75 Å². The van der Waals surface area contributed by atoms with Gasteiger partial charge in [-0.1, -0.05) is 18.2 Å². The smallest absolute Gasteiger partial charge is 0.337 e. The number of nitrogens with zero attached hydrogens (tertiary/aromatic N) is 1. The van der Waals surface area contributed by atoms with Crippen LogP contribution in [0.4, 0.5) is 27.5 Å². The number of anilines is 4. The molecule has 5 N–H and O–H groups in total. The van der Waals surface area contributed by atoms with Crippen molar-refractivity contribution in [2.45, 2.75) is 13.3 Å². The normalized spacial score (nSPS) is 10.3. The lowest BCUT2D eigenvalue weighted by molar-refractivity contribution is -0.129. The summed E-state index contributed by atoms with van der Waals surface area (Å²) in [5.41, 5.74) is 2.55. The molecule has 0 bridgehead atoms. The SMILES string of the molecule is COc1cc(CC(=O)N(C)CCNc2ccc(C(=O)O)c(NC(C)=O)c2)ccc1NC(=O)Nc1ccccc1Br. The predicted octanol–water partition coefficient (Wildman–Crippen LogP) is 4.87. The molecule has 3 rings (SSSR count). The number of nitrogens with one attached hydrogen (secondary N) is 4. The van der Waals surface area contributed by atoms with E-state index in [-0.39, 0.29) is 29.5 Å². The van der Waals surface area contributed by atoms with E-state index >= 15 is 0 Å². The number of carbonyl (C=O) groups excluding carboxylic acids is 3. The van der Waals surface area contributed by atoms with E-state index in [1.807, 2.05) is 18.2 Å². The van der Waals surface area contributed by atoms with Crippen LogP contribution in [0.15, 0.2) is 65.1 Å². The van der Waals surface area contributed by atoms with Crippen molar-refractivity contribution in [3.63, 3.8) is 0 Å². The number of rotatable bonds is 11. The van der Waals surface area contributed by atoms with Crippen LogP contribution in [-0.2, 0) is 16.0 Å². The van der Waals surface area contributed by atoms with E-state index in [2.05, 4.69) is 37.2 Å². The van der Waals surface area contributed by atoms with Crippen LogP contribution in [0.2, 0.25) is 0 Å². The number of likely N-dealkylation sites (N-methyl/N-ethyl adjacent to an activating group) is 1. The number of amides is 4. The summed E-state index contributed by atoms with van der Waals surface area (Å²) in [7, 11) is 3.16. The number of methoxy groups -OCH3 is 1. The molecule has 4 amide bonds. The van der Waals surface area contributed by atoms with Crippen molar-refractivity contribution in [1.29, 1.82) is 0 Å². The Morgan fingerprint density at radius 1 is 0.925 bits per heavy atom. The molecule has 40 heavy (non-hydrogen) atoms. The Kier molecular flexibility index (Phi) is 10.5. The summed E-state index contributed by atoms with van der Waals surface area (Å²) in [5.74, 6) is -1.24. The zero-order chi connectivity index (χ0) is 29.2. The Morgan fingerprint density at radius 3 is 2.33 bits per heavy atom. The molecule has 0 aliphatic carbocycles. The van der Waals surface area contributed by atoms with Crippen LogP contribution in [-0.4, -0.2) is 61.1 Å². The van der Waals surface area contributed by atoms with Crippen molar-refractivity contribution in [2.24, 2.45) is 0 Å². The van der Waals surface area contributed by atoms with Crippen LogP contribution in [0, 0.1) is 0 Å². The van der Waals surface area contributed by atoms with E-state index in [9.17, 15) is 24.3 Å². The maximum atomic E-state index is 12.8. The molecule has 0 saturated carbocycles. The van der Waals surface area contributed by atoms with Gasteiger partial charge in [0, 0.05) is 37.2 Å². The molecule has 0 atom stereocenters. The number of para-hydroxylation sites is 1. The minimum atomic E-state index is -1.15. The van der Waals surface area contributed by atoms with Crippen LogP contribution in [0.25, 0.3) is 0 Å². The second-order valence-electron chi connectivity index (χ2n) is 8.76. The highest BCUT2D eigenvalue weighted by atomic mass is 79.9. The average Bonchev–Trinajstić information content (AvgIpc) is 2.90. The Bertz CT molecular complexity index is 1410. The van der Waals surface area contributed by atoms with E-state index in [0.29, 0.717) is 41.5 Å². The number of halogens is 1. The molecular formula is C28H30BrN5O6. The van der Waals surface area contributed by atoms with Crippen LogP contribution >= 0.6 is 15.9 Å². The molecular weight excluding hydrogens is 582 g/mol. The molecule has 210 valence electrons. The van der Waals surface area contributed by atoms with Gasteiger partial charge in [0.2, 0.25) is 11.8 Å². The Morgan fingerprint density at radius 2 is 1.65 bits per heavy atom. The maximum Gasteiger partial charge on any atom is 0.337 e. The lowest BCUT2D eigenvalue weighted by Gasteiger charge is -2.19. The number of urea groups is 1. The minimum Gasteiger partial charge on any atom is -0.495 e. The van der Waals surface area contributed by atoms with Gasteiger partial charge in [0.1, 0.15) is 5.75 Å². The number of hydrogen-bond donors (Lipinski definition) is 5. The highest BCUT2D eigenvalue weighted by Crippen LogP contribution is 2.27. The largest absolute Gasteiger partial charge is 0.495 e. The van der Waals surface area contributed by atoms with Gasteiger partial charge in [0.05, 0.1) is 36.2 Å². The molecule has 0 saturated heterocycles. The molecule has 11 nitrogen and oxygen atoms in total. The Labute approximate surface area is 240 Å². The second-order valence-corrected chi connectivity index (χ2v) is 9.61. The molecule has 0 aliphatic heterocycles. The van der Waals surface area contributed by atoms with Gasteiger partial charge in [-0.2, -0.15) is 0 Å². The first-order chi connectivity index (χ1) is 19.1. The van der Waals surface area contributed by atoms with Gasteiger partial charge in [0.15, 0.2) is 0 Å². The second kappa shape index (κ2) is 14.0. The van der Waals surface area contributed by atoms with Crippen molar-refractivity contribution in [2.75, 3.05) is 48.5 Å². The van der Waals surface area contributed by atoms with Gasteiger partial charge in [-0.3, -0.25) is 9.59 Å². The molecule has 12 heteroatoms. The molecule has 0 unspecified atom stereocenters. The van der Waals surface area contributed by atoms with Crippen LogP contribution in [0.1, 0.15) is 22.8 Å². The fourth-order valence-corrected chi connectivity index (χ4v) is 4.11. The third kappa shape index (κ3) is 8.46. The summed E-state index contributed by atoms with van der Waals surface area (Å²) in [5, 5.41) is 20.5. The number of hydrogen-bond acceptors (Lipinski definition) is 6. The van der Waals surface area contributed by atoms with E-state index in [1.165, 1.54) is 26.2 Å². The fraction of sp³-hybridized carbons (Fsp3) is 0.214. The zero-order valence-electron chi connectivity index (χ0n) is 22.2. The molecule has 0 heterocycles. The first kappa shape index (κ1) is 30.0. The molecule has 0 spiro atoms. The average molecular weight is 612 g/mol. The number of aromatic carboxylic acids is 1. The first-order valence-corrected chi connectivity index (χ1v) is 13.0. The standard InChI is InChI=1S/C28H30BrN5O6/c1-17(35)31-24-16-19(9-10-20(24)27(37)38)30-12-13-34(2)26(36)15-18-8-11-23(25(14-18)40-3)33-28(39)32-22-7-5-4-6-21(22)29/h4-11,14,16,30H,12-13,15H2,1-3H3,(H,31,35)(H,37,38)(H2,32,33,39). The number of carboxylic acid groups (broad SMARTS) is 1. The maximum absolute atomic E-state index is 12.8. The monoisotopic (exact) mass is 611 g/mol. The Hall–Kier alpha value is -4.58. The van der Waals surface area contributed by atoms with Crippen LogP contribution in [0.3, 0.4) is 0 Å². The van der Waals surface area contributed by atoms with Gasteiger partial charge in [-0.25, -0.2) is 9.59 Å². The van der Waals surface area contributed by atoms with Gasteiger partial charge in [-0.05, 0) is 64.0 Å². The van der Waals surface area contributed by atoms with Gasteiger partial charge in [-0.15, -0.1) is 0 Å². The lowest BCUT2D eigenvalue weighted by atomic mass is 10.1. The Balaban J connectivity index is 1.55. The van der Waals surface area contributed by atoms with E-state index in [4.69, 9.17) is 4.74 Å². The van der Waals surface area contributed by atoms with Gasteiger partial charge in [0.25, 0.3) is 0 Å². The number of ether oxygens (including phenoxy) is 1. The topological polar surface area (TPSA) is 149 Å². The molecule has 0 fully saturated rings. The number of benzene rings is 3. The number of carbonyl (C=O) groups is 4. The molecule has 0 aliphatic rings. The zero-order valence-corrected chi connectivity index (χ0v) is 23.8. The molecule has 0 aromatic heterocycles. The summed E-state index contributed by atoms with van der Waals surface area (Å²) in [6.07, 6.45) is 0.121. The molecule has 3 aromatic rings. The van der Waals surface area contributed by atoms with Crippen LogP contribution in [0.5, 0.6) is 5.75 Å². The number of carboxylic acids is 1. The predicted molar refractivity (Wildman–Crippen MR) is 157 cm³/mol. The summed E-state index contributed by atoms with van der Waals surface area (Å²) in [6.45, 7) is 2.07. The molecule has 0 radical (unpaired) electrons. The van der Waals surface area contributed by atoms with Crippen LogP contribution < -0.4 is 26.0 Å². The van der Waals surface area contributed by atoms with E-state index < -0.39 is 12.0 Å². The third-order valence-electron chi connectivity index (χ3n) is 5.75. The summed E-state index contributed by atoms with van der Waals surface area (Å²) < 4.78 is 6.17. The van der Waals surface area contributed by atoms with Gasteiger partial charge < -0.3 is 36.0 Å².